The summed E-state index contributed by atoms with van der Waals surface area (Å²) >= 11 is 0. The third-order valence-corrected chi connectivity index (χ3v) is 10.0. The molecule has 0 bridgehead atoms. The molecule has 3 aliphatic heterocycles. The van der Waals surface area contributed by atoms with Gasteiger partial charge in [-0.25, -0.2) is 18.4 Å². The Kier molecular flexibility index (Phi) is 7.30. The highest BCUT2D eigenvalue weighted by atomic mass is 32.2. The highest BCUT2D eigenvalue weighted by molar-refractivity contribution is 7.89. The smallest absolute Gasteiger partial charge is 0.243 e. The van der Waals surface area contributed by atoms with Crippen LogP contribution in [0.1, 0.15) is 45.4 Å². The number of aromatic nitrogens is 2. The Balaban J connectivity index is 1.06. The molecule has 4 aliphatic rings. The molecule has 4 heterocycles. The van der Waals surface area contributed by atoms with Crippen LogP contribution < -0.4 is 9.64 Å². The third kappa shape index (κ3) is 5.95. The zero-order valence-electron chi connectivity index (χ0n) is 20.8. The van der Waals surface area contributed by atoms with E-state index in [2.05, 4.69) is 26.7 Å². The van der Waals surface area contributed by atoms with Gasteiger partial charge < -0.3 is 9.64 Å². The van der Waals surface area contributed by atoms with E-state index in [4.69, 9.17) is 4.74 Å². The van der Waals surface area contributed by atoms with Gasteiger partial charge in [0.05, 0.1) is 31.3 Å². The van der Waals surface area contributed by atoms with Gasteiger partial charge in [-0.15, -0.1) is 0 Å². The summed E-state index contributed by atoms with van der Waals surface area (Å²) in [6.45, 7) is 8.58. The van der Waals surface area contributed by atoms with E-state index in [1.165, 1.54) is 28.5 Å². The maximum absolute atomic E-state index is 12.7. The number of sulfonamides is 1. The van der Waals surface area contributed by atoms with Gasteiger partial charge >= 0.3 is 0 Å². The van der Waals surface area contributed by atoms with E-state index in [0.717, 1.165) is 45.6 Å². The summed E-state index contributed by atoms with van der Waals surface area (Å²) in [5.41, 5.74) is 0.452. The number of carbonyl (C=O) groups is 1. The first-order valence-electron chi connectivity index (χ1n) is 13.0. The summed E-state index contributed by atoms with van der Waals surface area (Å²) in [6.07, 6.45) is 9.82. The van der Waals surface area contributed by atoms with Crippen LogP contribution in [0.5, 0.6) is 5.88 Å². The Labute approximate surface area is 208 Å². The summed E-state index contributed by atoms with van der Waals surface area (Å²) in [5, 5.41) is 0. The predicted octanol–water partition coefficient (Wildman–Crippen LogP) is 1.19. The molecule has 194 valence electrons. The van der Waals surface area contributed by atoms with Crippen molar-refractivity contribution in [1.82, 2.24) is 24.1 Å². The van der Waals surface area contributed by atoms with Gasteiger partial charge in [0.2, 0.25) is 21.8 Å². The molecule has 1 aromatic heterocycles. The van der Waals surface area contributed by atoms with Crippen LogP contribution in [0.15, 0.2) is 12.4 Å². The second-order valence-electron chi connectivity index (χ2n) is 10.7. The van der Waals surface area contributed by atoms with Crippen LogP contribution in [-0.4, -0.2) is 109 Å². The predicted molar refractivity (Wildman–Crippen MR) is 133 cm³/mol. The fraction of sp³-hybridized carbons (Fsp3) is 0.792. The van der Waals surface area contributed by atoms with Crippen LogP contribution in [-0.2, 0) is 14.8 Å². The topological polar surface area (TPSA) is 99.2 Å². The van der Waals surface area contributed by atoms with Gasteiger partial charge in [-0.3, -0.25) is 14.6 Å². The van der Waals surface area contributed by atoms with Crippen molar-refractivity contribution in [2.24, 2.45) is 5.92 Å². The second-order valence-corrected chi connectivity index (χ2v) is 12.8. The molecule has 1 aromatic rings. The summed E-state index contributed by atoms with van der Waals surface area (Å²) in [6, 6.07) is 0. The van der Waals surface area contributed by atoms with E-state index in [9.17, 15) is 13.2 Å². The molecule has 0 N–H and O–H groups in total. The molecule has 0 spiro atoms. The molecule has 1 saturated carbocycles. The van der Waals surface area contributed by atoms with Crippen LogP contribution in [0.3, 0.4) is 0 Å². The van der Waals surface area contributed by atoms with Crippen molar-refractivity contribution in [3.8, 4) is 5.88 Å². The number of nitrogens with zero attached hydrogens (tertiary/aromatic N) is 6. The number of piperidine rings is 1. The molecule has 1 amide bonds. The Morgan fingerprint density at radius 1 is 1.06 bits per heavy atom. The second kappa shape index (κ2) is 10.3. The Morgan fingerprint density at radius 2 is 1.83 bits per heavy atom. The van der Waals surface area contributed by atoms with Crippen LogP contribution in [0, 0.1) is 5.92 Å². The molecule has 5 rings (SSSR count). The molecular weight excluding hydrogens is 468 g/mol. The molecule has 1 aliphatic carbocycles. The van der Waals surface area contributed by atoms with E-state index in [0.29, 0.717) is 36.2 Å². The van der Waals surface area contributed by atoms with E-state index in [1.54, 1.807) is 12.4 Å². The molecule has 0 unspecified atom stereocenters. The normalized spacial score (nSPS) is 24.4. The summed E-state index contributed by atoms with van der Waals surface area (Å²) in [5.74, 6) is 1.23. The van der Waals surface area contributed by atoms with Gasteiger partial charge in [0.15, 0.2) is 5.82 Å². The average molecular weight is 507 g/mol. The molecule has 4 fully saturated rings. The molecule has 3 saturated heterocycles. The number of rotatable bonds is 10. The number of piperazine rings is 1. The first-order chi connectivity index (χ1) is 16.8. The largest absolute Gasteiger partial charge is 0.476 e. The minimum atomic E-state index is -3.43. The third-order valence-electron chi connectivity index (χ3n) is 8.11. The molecular formula is C24H38N6O4S. The van der Waals surface area contributed by atoms with Crippen LogP contribution in [0.2, 0.25) is 0 Å². The van der Waals surface area contributed by atoms with Crippen molar-refractivity contribution in [3.63, 3.8) is 0 Å². The van der Waals surface area contributed by atoms with E-state index >= 15 is 0 Å². The zero-order chi connectivity index (χ0) is 24.5. The quantitative estimate of drug-likeness (QED) is 0.467. The number of anilines is 1. The molecule has 0 atom stereocenters. The summed E-state index contributed by atoms with van der Waals surface area (Å²) < 4.78 is 32.5. The average Bonchev–Trinajstić information content (AvgIpc) is 3.58. The van der Waals surface area contributed by atoms with Crippen LogP contribution in [0.4, 0.5) is 5.82 Å². The van der Waals surface area contributed by atoms with Crippen molar-refractivity contribution in [1.29, 1.82) is 0 Å². The molecule has 35 heavy (non-hydrogen) atoms. The summed E-state index contributed by atoms with van der Waals surface area (Å²) in [7, 11) is -3.43. The lowest BCUT2D eigenvalue weighted by Gasteiger charge is -2.36. The van der Waals surface area contributed by atoms with Crippen molar-refractivity contribution < 1.29 is 17.9 Å². The highest BCUT2D eigenvalue weighted by Crippen LogP contribution is 2.42. The lowest BCUT2D eigenvalue weighted by Crippen LogP contribution is -2.53. The number of hydrogen-bond donors (Lipinski definition) is 0. The van der Waals surface area contributed by atoms with Gasteiger partial charge in [-0.05, 0) is 84.1 Å². The van der Waals surface area contributed by atoms with Crippen molar-refractivity contribution in [2.75, 3.05) is 69.6 Å². The number of hydrogen-bond acceptors (Lipinski definition) is 8. The minimum absolute atomic E-state index is 0.0843. The van der Waals surface area contributed by atoms with Gasteiger partial charge in [0.25, 0.3) is 0 Å². The number of ether oxygens (including phenoxy) is 1. The fourth-order valence-electron chi connectivity index (χ4n) is 5.20. The van der Waals surface area contributed by atoms with Gasteiger partial charge in [0, 0.05) is 18.6 Å². The number of carbonyl (C=O) groups excluding carboxylic acids is 1. The first kappa shape index (κ1) is 24.9. The maximum Gasteiger partial charge on any atom is 0.243 e. The first-order valence-corrected chi connectivity index (χ1v) is 14.6. The number of likely N-dealkylation sites (tertiary alicyclic amines) is 2. The van der Waals surface area contributed by atoms with Crippen molar-refractivity contribution in [2.45, 2.75) is 51.0 Å². The van der Waals surface area contributed by atoms with Crippen LogP contribution in [0.25, 0.3) is 0 Å². The van der Waals surface area contributed by atoms with E-state index in [-0.39, 0.29) is 31.3 Å². The highest BCUT2D eigenvalue weighted by Gasteiger charge is 2.44. The van der Waals surface area contributed by atoms with E-state index in [1.807, 2.05) is 0 Å². The SMILES string of the molecule is CC1(N2CCC(COc3cnc(N4CCN(S(=O)(=O)CCCN5CCC5)CC4=O)cn3)CC2)CC1. The molecule has 0 radical (unpaired) electrons. The molecule has 10 nitrogen and oxygen atoms in total. The van der Waals surface area contributed by atoms with Gasteiger partial charge in [-0.2, -0.15) is 4.31 Å². The number of amides is 1. The monoisotopic (exact) mass is 506 g/mol. The van der Waals surface area contributed by atoms with E-state index < -0.39 is 10.0 Å². The van der Waals surface area contributed by atoms with Crippen molar-refractivity contribution in [3.05, 3.63) is 12.4 Å². The van der Waals surface area contributed by atoms with Gasteiger partial charge in [-0.1, -0.05) is 0 Å². The Morgan fingerprint density at radius 3 is 2.43 bits per heavy atom. The Bertz CT molecular complexity index is 988. The Hall–Kier alpha value is -1.82. The van der Waals surface area contributed by atoms with Crippen LogP contribution >= 0.6 is 0 Å². The minimum Gasteiger partial charge on any atom is -0.476 e. The maximum atomic E-state index is 12.7. The van der Waals surface area contributed by atoms with Crippen molar-refractivity contribution >= 4 is 21.7 Å². The lowest BCUT2D eigenvalue weighted by molar-refractivity contribution is -0.120. The summed E-state index contributed by atoms with van der Waals surface area (Å²) in [4.78, 5) is 27.8. The standard InChI is InChI=1S/C24H38N6O4S/c1-24(6-7-24)28-11-4-20(5-12-28)19-34-22-17-25-21(16-26-22)30-14-13-29(18-23(30)31)35(32,33)15-3-10-27-8-2-9-27/h16-17,20H,2-15,18-19H2,1H3. The zero-order valence-corrected chi connectivity index (χ0v) is 21.6. The van der Waals surface area contributed by atoms with Gasteiger partial charge in [0.1, 0.15) is 0 Å². The molecule has 11 heteroatoms. The fourth-order valence-corrected chi connectivity index (χ4v) is 6.62. The lowest BCUT2D eigenvalue weighted by atomic mass is 9.96. The molecule has 0 aromatic carbocycles.